The number of rotatable bonds is 3. The number of benzene rings is 1. The Morgan fingerprint density at radius 2 is 1.95 bits per heavy atom. The predicted molar refractivity (Wildman–Crippen MR) is 73.1 cm³/mol. The first-order chi connectivity index (χ1) is 9.36. The summed E-state index contributed by atoms with van der Waals surface area (Å²) in [6, 6.07) is 10.8. The monoisotopic (exact) mass is 257 g/mol. The highest BCUT2D eigenvalue weighted by molar-refractivity contribution is 5.20. The molecular formula is C15H19N3O. The van der Waals surface area contributed by atoms with E-state index in [0.29, 0.717) is 5.92 Å². The van der Waals surface area contributed by atoms with E-state index in [0.717, 1.165) is 31.9 Å². The molecule has 1 aromatic carbocycles. The van der Waals surface area contributed by atoms with E-state index in [1.54, 1.807) is 0 Å². The van der Waals surface area contributed by atoms with Gasteiger partial charge in [0.15, 0.2) is 0 Å². The summed E-state index contributed by atoms with van der Waals surface area (Å²) >= 11 is 0. The zero-order chi connectivity index (χ0) is 13.1. The van der Waals surface area contributed by atoms with Gasteiger partial charge in [-0.3, -0.25) is 0 Å². The molecule has 0 amide bonds. The van der Waals surface area contributed by atoms with E-state index in [9.17, 15) is 0 Å². The van der Waals surface area contributed by atoms with Crippen LogP contribution in [0.25, 0.3) is 0 Å². The van der Waals surface area contributed by atoms with Crippen molar-refractivity contribution in [2.75, 3.05) is 13.2 Å². The third-order valence-corrected chi connectivity index (χ3v) is 3.89. The molecular weight excluding hydrogens is 238 g/mol. The van der Waals surface area contributed by atoms with Crippen molar-refractivity contribution >= 4 is 0 Å². The van der Waals surface area contributed by atoms with Crippen molar-refractivity contribution in [3.63, 3.8) is 0 Å². The van der Waals surface area contributed by atoms with Gasteiger partial charge in [-0.15, -0.1) is 10.2 Å². The molecule has 4 nitrogen and oxygen atoms in total. The van der Waals surface area contributed by atoms with Gasteiger partial charge in [0, 0.05) is 19.1 Å². The Labute approximate surface area is 113 Å². The highest BCUT2D eigenvalue weighted by Gasteiger charge is 2.23. The fourth-order valence-corrected chi connectivity index (χ4v) is 2.69. The minimum absolute atomic E-state index is 0.272. The smallest absolute Gasteiger partial charge is 0.136 e. The highest BCUT2D eigenvalue weighted by atomic mass is 16.5. The Kier molecular flexibility index (Phi) is 3.60. The van der Waals surface area contributed by atoms with Gasteiger partial charge in [-0.1, -0.05) is 30.3 Å². The van der Waals surface area contributed by atoms with Gasteiger partial charge in [0.25, 0.3) is 0 Å². The lowest BCUT2D eigenvalue weighted by molar-refractivity contribution is 0.0826. The molecule has 1 atom stereocenters. The summed E-state index contributed by atoms with van der Waals surface area (Å²) in [7, 11) is 0. The average Bonchev–Trinajstić information content (AvgIpc) is 2.98. The van der Waals surface area contributed by atoms with Crippen LogP contribution in [0.5, 0.6) is 0 Å². The van der Waals surface area contributed by atoms with Gasteiger partial charge in [-0.2, -0.15) is 0 Å². The van der Waals surface area contributed by atoms with Gasteiger partial charge in [-0.05, 0) is 25.3 Å². The van der Waals surface area contributed by atoms with Gasteiger partial charge >= 0.3 is 0 Å². The third-order valence-electron chi connectivity index (χ3n) is 3.89. The quantitative estimate of drug-likeness (QED) is 0.849. The zero-order valence-electron chi connectivity index (χ0n) is 11.2. The zero-order valence-corrected chi connectivity index (χ0v) is 11.2. The first-order valence-corrected chi connectivity index (χ1v) is 6.88. The second-order valence-electron chi connectivity index (χ2n) is 5.07. The lowest BCUT2D eigenvalue weighted by atomic mass is 9.98. The number of hydrogen-bond acceptors (Lipinski definition) is 3. The lowest BCUT2D eigenvalue weighted by Crippen LogP contribution is -2.19. The second-order valence-corrected chi connectivity index (χ2v) is 5.07. The number of aromatic nitrogens is 3. The van der Waals surface area contributed by atoms with E-state index in [4.69, 9.17) is 4.74 Å². The minimum Gasteiger partial charge on any atom is -0.381 e. The average molecular weight is 257 g/mol. The predicted octanol–water partition coefficient (Wildman–Crippen LogP) is 2.78. The molecule has 1 aliphatic rings. The van der Waals surface area contributed by atoms with Gasteiger partial charge < -0.3 is 9.30 Å². The molecule has 1 aliphatic heterocycles. The lowest BCUT2D eigenvalue weighted by Gasteiger charge is -2.24. The molecule has 0 aliphatic carbocycles. The maximum Gasteiger partial charge on any atom is 0.136 e. The van der Waals surface area contributed by atoms with E-state index in [1.807, 2.05) is 12.4 Å². The van der Waals surface area contributed by atoms with Gasteiger partial charge in [0.2, 0.25) is 0 Å². The summed E-state index contributed by atoms with van der Waals surface area (Å²) in [5.74, 6) is 1.57. The van der Waals surface area contributed by atoms with Crippen molar-refractivity contribution in [2.24, 2.45) is 0 Å². The van der Waals surface area contributed by atoms with Crippen molar-refractivity contribution in [1.29, 1.82) is 0 Å². The maximum atomic E-state index is 5.43. The molecule has 0 N–H and O–H groups in total. The SMILES string of the molecule is CC(c1ccccc1)n1cnnc1C1CCOCC1. The van der Waals surface area contributed by atoms with Crippen molar-refractivity contribution in [3.05, 3.63) is 48.0 Å². The molecule has 2 heterocycles. The van der Waals surface area contributed by atoms with E-state index in [-0.39, 0.29) is 6.04 Å². The molecule has 0 spiro atoms. The van der Waals surface area contributed by atoms with E-state index < -0.39 is 0 Å². The Hall–Kier alpha value is -1.68. The Morgan fingerprint density at radius 1 is 1.21 bits per heavy atom. The van der Waals surface area contributed by atoms with Gasteiger partial charge in [0.1, 0.15) is 12.2 Å². The minimum atomic E-state index is 0.272. The van der Waals surface area contributed by atoms with Crippen molar-refractivity contribution < 1.29 is 4.74 Å². The molecule has 1 unspecified atom stereocenters. The first-order valence-electron chi connectivity index (χ1n) is 6.88. The molecule has 100 valence electrons. The molecule has 1 fully saturated rings. The number of nitrogens with zero attached hydrogens (tertiary/aromatic N) is 3. The Bertz CT molecular complexity index is 517. The van der Waals surface area contributed by atoms with Gasteiger partial charge in [-0.25, -0.2) is 0 Å². The molecule has 4 heteroatoms. The summed E-state index contributed by atoms with van der Waals surface area (Å²) < 4.78 is 7.63. The molecule has 0 radical (unpaired) electrons. The standard InChI is InChI=1S/C15H19N3O/c1-12(13-5-3-2-4-6-13)18-11-16-17-15(18)14-7-9-19-10-8-14/h2-6,11-12,14H,7-10H2,1H3. The maximum absolute atomic E-state index is 5.43. The molecule has 3 rings (SSSR count). The first kappa shape index (κ1) is 12.4. The van der Waals surface area contributed by atoms with Crippen LogP contribution in [0.1, 0.15) is 43.1 Å². The normalized spacial score (nSPS) is 18.4. The molecule has 1 aromatic heterocycles. The van der Waals surface area contributed by atoms with Crippen LogP contribution in [-0.2, 0) is 4.74 Å². The number of hydrogen-bond donors (Lipinski definition) is 0. The molecule has 2 aromatic rings. The fraction of sp³-hybridized carbons (Fsp3) is 0.467. The highest BCUT2D eigenvalue weighted by Crippen LogP contribution is 2.28. The van der Waals surface area contributed by atoms with Crippen LogP contribution in [0, 0.1) is 0 Å². The van der Waals surface area contributed by atoms with Crippen molar-refractivity contribution in [1.82, 2.24) is 14.8 Å². The Morgan fingerprint density at radius 3 is 2.68 bits per heavy atom. The largest absolute Gasteiger partial charge is 0.381 e. The van der Waals surface area contributed by atoms with E-state index in [2.05, 4.69) is 46.0 Å². The van der Waals surface area contributed by atoms with Crippen LogP contribution < -0.4 is 0 Å². The molecule has 0 bridgehead atoms. The van der Waals surface area contributed by atoms with Crippen LogP contribution in [0.15, 0.2) is 36.7 Å². The van der Waals surface area contributed by atoms with E-state index >= 15 is 0 Å². The van der Waals surface area contributed by atoms with Crippen LogP contribution >= 0.6 is 0 Å². The van der Waals surface area contributed by atoms with Crippen LogP contribution in [0.3, 0.4) is 0 Å². The van der Waals surface area contributed by atoms with Crippen molar-refractivity contribution in [2.45, 2.75) is 31.7 Å². The van der Waals surface area contributed by atoms with Crippen molar-refractivity contribution in [3.8, 4) is 0 Å². The molecule has 0 saturated carbocycles. The third kappa shape index (κ3) is 2.54. The summed E-state index contributed by atoms with van der Waals surface area (Å²) in [5.41, 5.74) is 1.29. The van der Waals surface area contributed by atoms with E-state index in [1.165, 1.54) is 5.56 Å². The Balaban J connectivity index is 1.87. The van der Waals surface area contributed by atoms with Gasteiger partial charge in [0.05, 0.1) is 6.04 Å². The fourth-order valence-electron chi connectivity index (χ4n) is 2.69. The summed E-state index contributed by atoms with van der Waals surface area (Å²) in [6.45, 7) is 3.86. The second kappa shape index (κ2) is 5.53. The van der Waals surface area contributed by atoms with Crippen LogP contribution in [0.4, 0.5) is 0 Å². The van der Waals surface area contributed by atoms with Crippen LogP contribution in [0.2, 0.25) is 0 Å². The number of ether oxygens (including phenoxy) is 1. The molecule has 1 saturated heterocycles. The summed E-state index contributed by atoms with van der Waals surface area (Å²) in [5, 5.41) is 8.46. The topological polar surface area (TPSA) is 39.9 Å². The summed E-state index contributed by atoms with van der Waals surface area (Å²) in [6.07, 6.45) is 3.93. The summed E-state index contributed by atoms with van der Waals surface area (Å²) in [4.78, 5) is 0. The van der Waals surface area contributed by atoms with Crippen LogP contribution in [-0.4, -0.2) is 28.0 Å². The molecule has 19 heavy (non-hydrogen) atoms.